The molecule has 0 bridgehead atoms. The molecule has 3 heteroatoms. The number of rotatable bonds is 5. The van der Waals surface area contributed by atoms with Gasteiger partial charge in [-0.1, -0.05) is 36.4 Å². The Morgan fingerprint density at radius 1 is 1.00 bits per heavy atom. The van der Waals surface area contributed by atoms with Gasteiger partial charge in [0, 0.05) is 6.54 Å². The summed E-state index contributed by atoms with van der Waals surface area (Å²) in [7, 11) is 0. The SMILES string of the molecule is c1ccc(C2CC2)c(CNCc2nc3ccccc3[nH]2)c1. The van der Waals surface area contributed by atoms with Crippen LogP contribution in [0.3, 0.4) is 0 Å². The quantitative estimate of drug-likeness (QED) is 0.746. The molecule has 3 aromatic rings. The maximum Gasteiger partial charge on any atom is 0.121 e. The molecule has 4 rings (SSSR count). The van der Waals surface area contributed by atoms with E-state index < -0.39 is 0 Å². The van der Waals surface area contributed by atoms with Crippen molar-refractivity contribution in [2.45, 2.75) is 31.8 Å². The zero-order valence-electron chi connectivity index (χ0n) is 12.0. The summed E-state index contributed by atoms with van der Waals surface area (Å²) >= 11 is 0. The largest absolute Gasteiger partial charge is 0.341 e. The first-order valence-electron chi connectivity index (χ1n) is 7.62. The summed E-state index contributed by atoms with van der Waals surface area (Å²) in [6, 6.07) is 16.9. The summed E-state index contributed by atoms with van der Waals surface area (Å²) in [5.74, 6) is 1.80. The normalized spacial score (nSPS) is 14.7. The first-order chi connectivity index (χ1) is 10.4. The number of hydrogen-bond acceptors (Lipinski definition) is 2. The van der Waals surface area contributed by atoms with Gasteiger partial charge in [0.05, 0.1) is 17.6 Å². The monoisotopic (exact) mass is 277 g/mol. The molecular weight excluding hydrogens is 258 g/mol. The van der Waals surface area contributed by atoms with Gasteiger partial charge in [-0.25, -0.2) is 4.98 Å². The van der Waals surface area contributed by atoms with Crippen LogP contribution in [0, 0.1) is 0 Å². The molecule has 1 aliphatic carbocycles. The number of hydrogen-bond donors (Lipinski definition) is 2. The summed E-state index contributed by atoms with van der Waals surface area (Å²) in [5.41, 5.74) is 5.09. The molecule has 1 aromatic heterocycles. The molecule has 0 amide bonds. The van der Waals surface area contributed by atoms with Crippen LogP contribution in [-0.2, 0) is 13.1 Å². The Morgan fingerprint density at radius 3 is 2.67 bits per heavy atom. The molecule has 0 spiro atoms. The molecule has 1 heterocycles. The highest BCUT2D eigenvalue weighted by molar-refractivity contribution is 5.74. The van der Waals surface area contributed by atoms with Crippen molar-refractivity contribution >= 4 is 11.0 Å². The average molecular weight is 277 g/mol. The Morgan fingerprint density at radius 2 is 1.81 bits per heavy atom. The fourth-order valence-electron chi connectivity index (χ4n) is 2.89. The van der Waals surface area contributed by atoms with Gasteiger partial charge in [-0.3, -0.25) is 0 Å². The first-order valence-corrected chi connectivity index (χ1v) is 7.62. The highest BCUT2D eigenvalue weighted by Crippen LogP contribution is 2.41. The molecule has 0 unspecified atom stereocenters. The van der Waals surface area contributed by atoms with Gasteiger partial charge in [-0.15, -0.1) is 0 Å². The van der Waals surface area contributed by atoms with E-state index in [2.05, 4.69) is 45.6 Å². The summed E-state index contributed by atoms with van der Waals surface area (Å²) in [5, 5.41) is 3.51. The molecular formula is C18H19N3. The van der Waals surface area contributed by atoms with Crippen LogP contribution in [0.2, 0.25) is 0 Å². The van der Waals surface area contributed by atoms with Gasteiger partial charge in [0.15, 0.2) is 0 Å². The van der Waals surface area contributed by atoms with Gasteiger partial charge in [-0.05, 0) is 42.0 Å². The molecule has 1 fully saturated rings. The number of fused-ring (bicyclic) bond motifs is 1. The van der Waals surface area contributed by atoms with Crippen LogP contribution >= 0.6 is 0 Å². The second-order valence-corrected chi connectivity index (χ2v) is 5.78. The minimum Gasteiger partial charge on any atom is -0.341 e. The lowest BCUT2D eigenvalue weighted by Gasteiger charge is -2.09. The van der Waals surface area contributed by atoms with Gasteiger partial charge in [0.2, 0.25) is 0 Å². The van der Waals surface area contributed by atoms with Crippen LogP contribution in [0.15, 0.2) is 48.5 Å². The van der Waals surface area contributed by atoms with Gasteiger partial charge in [0.1, 0.15) is 5.82 Å². The minimum atomic E-state index is 0.772. The van der Waals surface area contributed by atoms with Crippen LogP contribution < -0.4 is 5.32 Å². The van der Waals surface area contributed by atoms with Gasteiger partial charge < -0.3 is 10.3 Å². The Kier molecular flexibility index (Phi) is 3.20. The van der Waals surface area contributed by atoms with E-state index in [9.17, 15) is 0 Å². The van der Waals surface area contributed by atoms with Crippen molar-refractivity contribution in [3.63, 3.8) is 0 Å². The summed E-state index contributed by atoms with van der Waals surface area (Å²) in [6.07, 6.45) is 2.70. The Bertz CT molecular complexity index is 723. The van der Waals surface area contributed by atoms with E-state index in [0.717, 1.165) is 35.9 Å². The lowest BCUT2D eigenvalue weighted by Crippen LogP contribution is -2.14. The molecule has 21 heavy (non-hydrogen) atoms. The predicted octanol–water partition coefficient (Wildman–Crippen LogP) is 3.73. The number of nitrogens with zero attached hydrogens (tertiary/aromatic N) is 1. The maximum atomic E-state index is 4.60. The standard InChI is InChI=1S/C18H19N3/c1-2-6-15(13-9-10-13)14(5-1)11-19-12-18-20-16-7-3-4-8-17(16)21-18/h1-8,13,19H,9-12H2,(H,20,21). The van der Waals surface area contributed by atoms with E-state index in [0.29, 0.717) is 0 Å². The zero-order chi connectivity index (χ0) is 14.1. The van der Waals surface area contributed by atoms with Gasteiger partial charge >= 0.3 is 0 Å². The Hall–Kier alpha value is -2.13. The number of para-hydroxylation sites is 2. The number of nitrogens with one attached hydrogen (secondary N) is 2. The maximum absolute atomic E-state index is 4.60. The van der Waals surface area contributed by atoms with Crippen LogP contribution in [-0.4, -0.2) is 9.97 Å². The third-order valence-corrected chi connectivity index (χ3v) is 4.12. The molecule has 0 saturated heterocycles. The van der Waals surface area contributed by atoms with Crippen molar-refractivity contribution in [3.8, 4) is 0 Å². The van der Waals surface area contributed by atoms with Crippen molar-refractivity contribution in [1.82, 2.24) is 15.3 Å². The topological polar surface area (TPSA) is 40.7 Å². The predicted molar refractivity (Wildman–Crippen MR) is 85.1 cm³/mol. The number of aromatic nitrogens is 2. The van der Waals surface area contributed by atoms with Crippen molar-refractivity contribution in [3.05, 3.63) is 65.5 Å². The van der Waals surface area contributed by atoms with Crippen molar-refractivity contribution in [1.29, 1.82) is 0 Å². The smallest absolute Gasteiger partial charge is 0.121 e. The van der Waals surface area contributed by atoms with E-state index in [1.54, 1.807) is 0 Å². The van der Waals surface area contributed by atoms with E-state index in [1.165, 1.54) is 24.0 Å². The fraction of sp³-hybridized carbons (Fsp3) is 0.278. The second kappa shape index (κ2) is 5.34. The molecule has 1 aliphatic rings. The fourth-order valence-corrected chi connectivity index (χ4v) is 2.89. The molecule has 0 aliphatic heterocycles. The summed E-state index contributed by atoms with van der Waals surface area (Å²) in [6.45, 7) is 1.68. The molecule has 1 saturated carbocycles. The van der Waals surface area contributed by atoms with Crippen LogP contribution in [0.25, 0.3) is 11.0 Å². The van der Waals surface area contributed by atoms with Crippen LogP contribution in [0.5, 0.6) is 0 Å². The lowest BCUT2D eigenvalue weighted by molar-refractivity contribution is 0.666. The molecule has 0 radical (unpaired) electrons. The number of imidazole rings is 1. The molecule has 106 valence electrons. The minimum absolute atomic E-state index is 0.772. The number of aromatic amines is 1. The molecule has 2 N–H and O–H groups in total. The number of benzene rings is 2. The first kappa shape index (κ1) is 12.6. The van der Waals surface area contributed by atoms with Crippen molar-refractivity contribution < 1.29 is 0 Å². The van der Waals surface area contributed by atoms with Crippen molar-refractivity contribution in [2.24, 2.45) is 0 Å². The molecule has 2 aromatic carbocycles. The van der Waals surface area contributed by atoms with E-state index in [1.807, 2.05) is 18.2 Å². The van der Waals surface area contributed by atoms with E-state index in [-0.39, 0.29) is 0 Å². The van der Waals surface area contributed by atoms with Gasteiger partial charge in [0.25, 0.3) is 0 Å². The lowest BCUT2D eigenvalue weighted by atomic mass is 10.0. The third-order valence-electron chi connectivity index (χ3n) is 4.12. The Labute approximate surface area is 124 Å². The second-order valence-electron chi connectivity index (χ2n) is 5.78. The molecule has 3 nitrogen and oxygen atoms in total. The van der Waals surface area contributed by atoms with Crippen molar-refractivity contribution in [2.75, 3.05) is 0 Å². The Balaban J connectivity index is 1.43. The van der Waals surface area contributed by atoms with Gasteiger partial charge in [-0.2, -0.15) is 0 Å². The third kappa shape index (κ3) is 2.69. The average Bonchev–Trinajstić information content (AvgIpc) is 3.27. The zero-order valence-corrected chi connectivity index (χ0v) is 12.0. The summed E-state index contributed by atoms with van der Waals surface area (Å²) in [4.78, 5) is 7.95. The summed E-state index contributed by atoms with van der Waals surface area (Å²) < 4.78 is 0. The van der Waals surface area contributed by atoms with Crippen LogP contribution in [0.1, 0.15) is 35.7 Å². The highest BCUT2D eigenvalue weighted by atomic mass is 15.0. The number of H-pyrrole nitrogens is 1. The van der Waals surface area contributed by atoms with E-state index in [4.69, 9.17) is 0 Å². The molecule has 0 atom stereocenters. The van der Waals surface area contributed by atoms with E-state index >= 15 is 0 Å². The highest BCUT2D eigenvalue weighted by Gasteiger charge is 2.25. The van der Waals surface area contributed by atoms with Crippen LogP contribution in [0.4, 0.5) is 0 Å².